The summed E-state index contributed by atoms with van der Waals surface area (Å²) in [6.07, 6.45) is 2.41. The zero-order valence-corrected chi connectivity index (χ0v) is 19.4. The van der Waals surface area contributed by atoms with Gasteiger partial charge in [-0.1, -0.05) is 36.4 Å². The fourth-order valence-corrected chi connectivity index (χ4v) is 4.65. The Balaban J connectivity index is 1.39. The van der Waals surface area contributed by atoms with Crippen molar-refractivity contribution in [1.82, 2.24) is 10.2 Å². The van der Waals surface area contributed by atoms with Crippen LogP contribution < -0.4 is 15.0 Å². The fourth-order valence-electron chi connectivity index (χ4n) is 4.65. The number of benzene rings is 2. The molecule has 4 rings (SSSR count). The Kier molecular flexibility index (Phi) is 7.88. The minimum absolute atomic E-state index is 0.140. The summed E-state index contributed by atoms with van der Waals surface area (Å²) >= 11 is 0. The van der Waals surface area contributed by atoms with Crippen LogP contribution in [0.5, 0.6) is 5.75 Å². The average molecular weight is 437 g/mol. The lowest BCUT2D eigenvalue weighted by Gasteiger charge is -2.38. The Morgan fingerprint density at radius 2 is 1.91 bits per heavy atom. The molecule has 2 aliphatic heterocycles. The van der Waals surface area contributed by atoms with Crippen LogP contribution in [0.1, 0.15) is 31.4 Å². The second kappa shape index (κ2) is 11.2. The largest absolute Gasteiger partial charge is 0.497 e. The molecule has 0 bridgehead atoms. The van der Waals surface area contributed by atoms with Gasteiger partial charge < -0.3 is 24.6 Å². The molecule has 2 unspecified atom stereocenters. The first-order valence-electron chi connectivity index (χ1n) is 11.9. The maximum atomic E-state index is 6.18. The van der Waals surface area contributed by atoms with Crippen LogP contribution in [-0.4, -0.2) is 63.8 Å². The molecule has 0 radical (unpaired) electrons. The second-order valence-corrected chi connectivity index (χ2v) is 8.47. The first kappa shape index (κ1) is 22.5. The first-order valence-corrected chi connectivity index (χ1v) is 11.9. The summed E-state index contributed by atoms with van der Waals surface area (Å²) in [6.45, 7) is 8.48. The van der Waals surface area contributed by atoms with Crippen molar-refractivity contribution in [3.05, 3.63) is 60.2 Å². The van der Waals surface area contributed by atoms with E-state index in [2.05, 4.69) is 70.6 Å². The summed E-state index contributed by atoms with van der Waals surface area (Å²) in [7, 11) is 1.72. The van der Waals surface area contributed by atoms with Crippen molar-refractivity contribution in [2.75, 3.05) is 57.9 Å². The Bertz CT molecular complexity index is 865. The van der Waals surface area contributed by atoms with E-state index in [9.17, 15) is 0 Å². The summed E-state index contributed by atoms with van der Waals surface area (Å²) in [5.74, 6) is 2.34. The first-order chi connectivity index (χ1) is 15.8. The van der Waals surface area contributed by atoms with Crippen LogP contribution >= 0.6 is 0 Å². The highest BCUT2D eigenvalue weighted by molar-refractivity contribution is 5.80. The smallest absolute Gasteiger partial charge is 0.194 e. The third-order valence-electron chi connectivity index (χ3n) is 6.38. The van der Waals surface area contributed by atoms with Gasteiger partial charge in [0.15, 0.2) is 5.96 Å². The Hall–Kier alpha value is -2.73. The molecule has 2 aromatic rings. The molecule has 6 nitrogen and oxygen atoms in total. The number of guanidine groups is 1. The van der Waals surface area contributed by atoms with E-state index in [1.165, 1.54) is 11.3 Å². The summed E-state index contributed by atoms with van der Waals surface area (Å²) in [4.78, 5) is 9.88. The third kappa shape index (κ3) is 5.54. The van der Waals surface area contributed by atoms with Crippen molar-refractivity contribution in [1.29, 1.82) is 0 Å². The maximum absolute atomic E-state index is 6.18. The van der Waals surface area contributed by atoms with Crippen molar-refractivity contribution in [2.45, 2.75) is 25.9 Å². The zero-order chi connectivity index (χ0) is 22.2. The van der Waals surface area contributed by atoms with Crippen LogP contribution in [0.4, 0.5) is 5.69 Å². The van der Waals surface area contributed by atoms with Crippen LogP contribution in [0.25, 0.3) is 0 Å². The Labute approximate surface area is 192 Å². The average Bonchev–Trinajstić information content (AvgIpc) is 2.87. The minimum Gasteiger partial charge on any atom is -0.497 e. The fraction of sp³-hybridized carbons (Fsp3) is 0.500. The van der Waals surface area contributed by atoms with E-state index < -0.39 is 0 Å². The predicted molar refractivity (Wildman–Crippen MR) is 131 cm³/mol. The number of piperazine rings is 1. The van der Waals surface area contributed by atoms with Gasteiger partial charge in [-0.2, -0.15) is 0 Å². The molecule has 2 fully saturated rings. The topological polar surface area (TPSA) is 49.3 Å². The van der Waals surface area contributed by atoms with Crippen LogP contribution in [0, 0.1) is 5.92 Å². The summed E-state index contributed by atoms with van der Waals surface area (Å²) in [6, 6.07) is 18.9. The van der Waals surface area contributed by atoms with Crippen molar-refractivity contribution in [2.24, 2.45) is 10.9 Å². The number of aliphatic imine (C=N–C) groups is 1. The van der Waals surface area contributed by atoms with Crippen molar-refractivity contribution in [3.8, 4) is 5.75 Å². The lowest BCUT2D eigenvalue weighted by atomic mass is 9.89. The number of hydrogen-bond donors (Lipinski definition) is 1. The Morgan fingerprint density at radius 3 is 2.66 bits per heavy atom. The number of nitrogens with zero attached hydrogens (tertiary/aromatic N) is 3. The number of methoxy groups -OCH3 is 1. The standard InChI is InChI=1S/C26H36N4O2/c1-3-27-26(28-20-22-11-8-18-32-25(22)21-9-5-4-6-10-21)30-16-14-29(15-17-30)23-12-7-13-24(19-23)31-2/h4-7,9-10,12-13,19,22,25H,3,8,11,14-18,20H2,1-2H3,(H,27,28). The van der Waals surface area contributed by atoms with Crippen LogP contribution in [0.15, 0.2) is 59.6 Å². The van der Waals surface area contributed by atoms with E-state index >= 15 is 0 Å². The SMILES string of the molecule is CCNC(=NCC1CCCOC1c1ccccc1)N1CCN(c2cccc(OC)c2)CC1. The molecule has 0 spiro atoms. The molecule has 2 heterocycles. The normalized spacial score (nSPS) is 22.0. The molecule has 2 saturated heterocycles. The van der Waals surface area contributed by atoms with Crippen LogP contribution in [0.2, 0.25) is 0 Å². The number of hydrogen-bond acceptors (Lipinski definition) is 4. The van der Waals surface area contributed by atoms with Crippen molar-refractivity contribution in [3.63, 3.8) is 0 Å². The third-order valence-corrected chi connectivity index (χ3v) is 6.38. The zero-order valence-electron chi connectivity index (χ0n) is 19.4. The van der Waals surface area contributed by atoms with Crippen molar-refractivity contribution >= 4 is 11.6 Å². The quantitative estimate of drug-likeness (QED) is 0.549. The Morgan fingerprint density at radius 1 is 1.09 bits per heavy atom. The molecule has 32 heavy (non-hydrogen) atoms. The van der Waals surface area contributed by atoms with Crippen LogP contribution in [-0.2, 0) is 4.74 Å². The summed E-state index contributed by atoms with van der Waals surface area (Å²) in [5, 5.41) is 3.52. The van der Waals surface area contributed by atoms with Gasteiger partial charge >= 0.3 is 0 Å². The summed E-state index contributed by atoms with van der Waals surface area (Å²) in [5.41, 5.74) is 2.49. The number of ether oxygens (including phenoxy) is 2. The van der Waals surface area contributed by atoms with E-state index in [0.29, 0.717) is 5.92 Å². The van der Waals surface area contributed by atoms with E-state index in [1.54, 1.807) is 7.11 Å². The van der Waals surface area contributed by atoms with Gasteiger partial charge in [0.1, 0.15) is 5.75 Å². The minimum atomic E-state index is 0.140. The summed E-state index contributed by atoms with van der Waals surface area (Å²) < 4.78 is 11.6. The molecular formula is C26H36N4O2. The maximum Gasteiger partial charge on any atom is 0.194 e. The highest BCUT2D eigenvalue weighted by Crippen LogP contribution is 2.33. The van der Waals surface area contributed by atoms with E-state index in [-0.39, 0.29) is 6.10 Å². The molecular weight excluding hydrogens is 400 g/mol. The number of nitrogens with one attached hydrogen (secondary N) is 1. The van der Waals surface area contributed by atoms with Gasteiger partial charge in [-0.05, 0) is 37.5 Å². The van der Waals surface area contributed by atoms with Gasteiger partial charge in [0, 0.05) is 63.5 Å². The molecule has 2 aliphatic rings. The van der Waals surface area contributed by atoms with E-state index in [4.69, 9.17) is 14.5 Å². The van der Waals surface area contributed by atoms with Gasteiger partial charge in [0.2, 0.25) is 0 Å². The number of anilines is 1. The van der Waals surface area contributed by atoms with Gasteiger partial charge in [0.05, 0.1) is 13.2 Å². The molecule has 0 amide bonds. The number of rotatable bonds is 6. The molecule has 1 N–H and O–H groups in total. The van der Waals surface area contributed by atoms with E-state index in [1.807, 2.05) is 6.07 Å². The van der Waals surface area contributed by atoms with Gasteiger partial charge in [-0.15, -0.1) is 0 Å². The lowest BCUT2D eigenvalue weighted by Crippen LogP contribution is -2.52. The molecule has 0 saturated carbocycles. The van der Waals surface area contributed by atoms with Crippen molar-refractivity contribution < 1.29 is 9.47 Å². The molecule has 6 heteroatoms. The monoisotopic (exact) mass is 436 g/mol. The molecule has 2 atom stereocenters. The lowest BCUT2D eigenvalue weighted by molar-refractivity contribution is -0.0250. The molecule has 2 aromatic carbocycles. The van der Waals surface area contributed by atoms with Gasteiger partial charge in [-0.3, -0.25) is 4.99 Å². The molecule has 0 aromatic heterocycles. The highest BCUT2D eigenvalue weighted by atomic mass is 16.5. The molecule has 172 valence electrons. The second-order valence-electron chi connectivity index (χ2n) is 8.47. The predicted octanol–water partition coefficient (Wildman–Crippen LogP) is 3.95. The van der Waals surface area contributed by atoms with Gasteiger partial charge in [0.25, 0.3) is 0 Å². The molecule has 0 aliphatic carbocycles. The van der Waals surface area contributed by atoms with E-state index in [0.717, 1.165) is 70.4 Å². The van der Waals surface area contributed by atoms with Gasteiger partial charge in [-0.25, -0.2) is 0 Å². The van der Waals surface area contributed by atoms with Crippen LogP contribution in [0.3, 0.4) is 0 Å². The highest BCUT2D eigenvalue weighted by Gasteiger charge is 2.28.